The van der Waals surface area contributed by atoms with Crippen molar-refractivity contribution in [1.29, 1.82) is 0 Å². The van der Waals surface area contributed by atoms with Crippen LogP contribution in [0.2, 0.25) is 0 Å². The van der Waals surface area contributed by atoms with Crippen LogP contribution in [0.3, 0.4) is 0 Å². The number of benzene rings is 1. The number of alkyl carbamates (subject to hydrolysis) is 1. The zero-order chi connectivity index (χ0) is 22.9. The van der Waals surface area contributed by atoms with Crippen molar-refractivity contribution in [3.63, 3.8) is 0 Å². The maximum Gasteiger partial charge on any atom is 0.408 e. The van der Waals surface area contributed by atoms with E-state index in [2.05, 4.69) is 5.32 Å². The summed E-state index contributed by atoms with van der Waals surface area (Å²) in [4.78, 5) is 36.0. The Hall–Kier alpha value is -2.57. The molecule has 1 aromatic rings. The van der Waals surface area contributed by atoms with E-state index in [1.807, 2.05) is 30.3 Å². The molecule has 0 spiro atoms. The average Bonchev–Trinajstić information content (AvgIpc) is 3.13. The van der Waals surface area contributed by atoms with Gasteiger partial charge in [-0.25, -0.2) is 9.59 Å². The van der Waals surface area contributed by atoms with Crippen LogP contribution in [0.5, 0.6) is 0 Å². The molecule has 1 aliphatic rings. The highest BCUT2D eigenvalue weighted by Gasteiger charge is 2.36. The molecule has 1 aromatic carbocycles. The molecule has 7 nitrogen and oxygen atoms in total. The Labute approximate surface area is 184 Å². The normalized spacial score (nSPS) is 16.4. The number of carboxylic acid groups (broad SMARTS) is 1. The smallest absolute Gasteiger partial charge is 0.408 e. The molecule has 0 aliphatic heterocycles. The van der Waals surface area contributed by atoms with Crippen molar-refractivity contribution in [3.8, 4) is 0 Å². The van der Waals surface area contributed by atoms with Crippen LogP contribution in [0.4, 0.5) is 4.79 Å². The highest BCUT2D eigenvalue weighted by Crippen LogP contribution is 2.45. The molecule has 1 fully saturated rings. The van der Waals surface area contributed by atoms with Gasteiger partial charge in [0, 0.05) is 0 Å². The SMILES string of the molecule is CC(C)(C)OC(=O)NC(CCCC1(CC(=O)OCc2ccccc2)CCCC1)C(=O)O. The molecule has 7 heteroatoms. The summed E-state index contributed by atoms with van der Waals surface area (Å²) in [5.41, 5.74) is 0.109. The van der Waals surface area contributed by atoms with Gasteiger partial charge in [0.2, 0.25) is 0 Å². The molecule has 0 radical (unpaired) electrons. The topological polar surface area (TPSA) is 102 Å². The second-order valence-corrected chi connectivity index (χ2v) is 9.46. The third-order valence-electron chi connectivity index (χ3n) is 5.62. The van der Waals surface area contributed by atoms with Gasteiger partial charge in [0.1, 0.15) is 18.2 Å². The number of carbonyl (C=O) groups is 3. The number of carbonyl (C=O) groups excluding carboxylic acids is 2. The molecule has 0 heterocycles. The molecule has 1 aliphatic carbocycles. The van der Waals surface area contributed by atoms with Gasteiger partial charge in [0.25, 0.3) is 0 Å². The first-order valence-electron chi connectivity index (χ1n) is 11.0. The van der Waals surface area contributed by atoms with Gasteiger partial charge in [0.05, 0.1) is 6.42 Å². The van der Waals surface area contributed by atoms with Crippen molar-refractivity contribution in [3.05, 3.63) is 35.9 Å². The van der Waals surface area contributed by atoms with Crippen molar-refractivity contribution in [2.45, 2.75) is 90.4 Å². The van der Waals surface area contributed by atoms with Crippen LogP contribution in [0.25, 0.3) is 0 Å². The number of esters is 1. The van der Waals surface area contributed by atoms with Crippen molar-refractivity contribution in [2.75, 3.05) is 0 Å². The van der Waals surface area contributed by atoms with Crippen molar-refractivity contribution < 1.29 is 29.0 Å². The highest BCUT2D eigenvalue weighted by atomic mass is 16.6. The van der Waals surface area contributed by atoms with Gasteiger partial charge in [-0.1, -0.05) is 49.6 Å². The molecule has 31 heavy (non-hydrogen) atoms. The van der Waals surface area contributed by atoms with E-state index in [1.165, 1.54) is 0 Å². The van der Waals surface area contributed by atoms with Gasteiger partial charge in [-0.2, -0.15) is 0 Å². The maximum atomic E-state index is 12.5. The van der Waals surface area contributed by atoms with Crippen LogP contribution in [0.1, 0.15) is 77.7 Å². The van der Waals surface area contributed by atoms with Crippen LogP contribution in [0, 0.1) is 5.41 Å². The van der Waals surface area contributed by atoms with E-state index in [9.17, 15) is 19.5 Å². The minimum atomic E-state index is -1.09. The molecule has 1 unspecified atom stereocenters. The standard InChI is InChI=1S/C24H35NO6/c1-23(2,3)31-22(29)25-19(21(27)28)12-9-15-24(13-7-8-14-24)16-20(26)30-17-18-10-5-4-6-11-18/h4-6,10-11,19H,7-9,12-17H2,1-3H3,(H,25,29)(H,27,28). The Morgan fingerprint density at radius 2 is 1.77 bits per heavy atom. The molecular weight excluding hydrogens is 398 g/mol. The van der Waals surface area contributed by atoms with Crippen molar-refractivity contribution in [1.82, 2.24) is 5.32 Å². The molecule has 172 valence electrons. The van der Waals surface area contributed by atoms with Gasteiger partial charge < -0.3 is 19.9 Å². The number of hydrogen-bond acceptors (Lipinski definition) is 5. The molecule has 2 N–H and O–H groups in total. The first kappa shape index (κ1) is 24.7. The molecule has 0 bridgehead atoms. The maximum absolute atomic E-state index is 12.5. The minimum Gasteiger partial charge on any atom is -0.480 e. The van der Waals surface area contributed by atoms with E-state index < -0.39 is 23.7 Å². The lowest BCUT2D eigenvalue weighted by atomic mass is 9.78. The van der Waals surface area contributed by atoms with Gasteiger partial charge in [-0.3, -0.25) is 4.79 Å². The molecule has 1 amide bonds. The first-order valence-corrected chi connectivity index (χ1v) is 11.0. The fourth-order valence-electron chi connectivity index (χ4n) is 4.12. The fourth-order valence-corrected chi connectivity index (χ4v) is 4.12. The van der Waals surface area contributed by atoms with E-state index in [1.54, 1.807) is 20.8 Å². The average molecular weight is 434 g/mol. The van der Waals surface area contributed by atoms with Gasteiger partial charge >= 0.3 is 18.0 Å². The quantitative estimate of drug-likeness (QED) is 0.513. The Morgan fingerprint density at radius 1 is 1.13 bits per heavy atom. The molecule has 1 saturated carbocycles. The third-order valence-corrected chi connectivity index (χ3v) is 5.62. The Bertz CT molecular complexity index is 734. The zero-order valence-corrected chi connectivity index (χ0v) is 18.8. The summed E-state index contributed by atoms with van der Waals surface area (Å²) >= 11 is 0. The van der Waals surface area contributed by atoms with E-state index in [4.69, 9.17) is 9.47 Å². The largest absolute Gasteiger partial charge is 0.480 e. The number of nitrogens with one attached hydrogen (secondary N) is 1. The lowest BCUT2D eigenvalue weighted by molar-refractivity contribution is -0.148. The van der Waals surface area contributed by atoms with E-state index in [0.29, 0.717) is 12.8 Å². The second-order valence-electron chi connectivity index (χ2n) is 9.46. The monoisotopic (exact) mass is 433 g/mol. The second kappa shape index (κ2) is 11.2. The molecule has 0 aromatic heterocycles. The summed E-state index contributed by atoms with van der Waals surface area (Å²) in [5, 5.41) is 11.9. The van der Waals surface area contributed by atoms with Crippen molar-refractivity contribution in [2.24, 2.45) is 5.41 Å². The molecule has 1 atom stereocenters. The Kier molecular flexibility index (Phi) is 8.89. The molecule has 0 saturated heterocycles. The van der Waals surface area contributed by atoms with Crippen LogP contribution in [0.15, 0.2) is 30.3 Å². The van der Waals surface area contributed by atoms with Gasteiger partial charge in [0.15, 0.2) is 0 Å². The number of aliphatic carboxylic acids is 1. The van der Waals surface area contributed by atoms with Crippen LogP contribution < -0.4 is 5.32 Å². The molecular formula is C24H35NO6. The fraction of sp³-hybridized carbons (Fsp3) is 0.625. The summed E-state index contributed by atoms with van der Waals surface area (Å²) in [6.07, 6.45) is 5.21. The van der Waals surface area contributed by atoms with E-state index in [-0.39, 0.29) is 24.4 Å². The number of hydrogen-bond donors (Lipinski definition) is 2. The summed E-state index contributed by atoms with van der Waals surface area (Å²) in [5.74, 6) is -1.30. The zero-order valence-electron chi connectivity index (χ0n) is 18.8. The van der Waals surface area contributed by atoms with Crippen LogP contribution >= 0.6 is 0 Å². The number of amides is 1. The number of carboxylic acids is 1. The van der Waals surface area contributed by atoms with E-state index >= 15 is 0 Å². The van der Waals surface area contributed by atoms with Crippen molar-refractivity contribution >= 4 is 18.0 Å². The first-order chi connectivity index (χ1) is 14.6. The summed E-state index contributed by atoms with van der Waals surface area (Å²) in [7, 11) is 0. The van der Waals surface area contributed by atoms with E-state index in [0.717, 1.165) is 37.7 Å². The van der Waals surface area contributed by atoms with Crippen LogP contribution in [-0.4, -0.2) is 34.8 Å². The Morgan fingerprint density at radius 3 is 2.35 bits per heavy atom. The van der Waals surface area contributed by atoms with Crippen LogP contribution in [-0.2, 0) is 25.7 Å². The molecule has 2 rings (SSSR count). The van der Waals surface area contributed by atoms with Gasteiger partial charge in [-0.15, -0.1) is 0 Å². The Balaban J connectivity index is 1.84. The summed E-state index contributed by atoms with van der Waals surface area (Å²) in [6, 6.07) is 8.56. The highest BCUT2D eigenvalue weighted by molar-refractivity contribution is 5.80. The summed E-state index contributed by atoms with van der Waals surface area (Å²) in [6.45, 7) is 5.44. The third kappa shape index (κ3) is 8.99. The lowest BCUT2D eigenvalue weighted by Crippen LogP contribution is -2.43. The summed E-state index contributed by atoms with van der Waals surface area (Å²) < 4.78 is 10.6. The van der Waals surface area contributed by atoms with Gasteiger partial charge in [-0.05, 0) is 57.4 Å². The number of rotatable bonds is 10. The predicted molar refractivity (Wildman–Crippen MR) is 116 cm³/mol. The predicted octanol–water partition coefficient (Wildman–Crippen LogP) is 4.83. The lowest BCUT2D eigenvalue weighted by Gasteiger charge is -2.28. The number of ether oxygens (including phenoxy) is 2. The minimum absolute atomic E-state index is 0.150.